The molecule has 1 N–H and O–H groups in total. The van der Waals surface area contributed by atoms with Gasteiger partial charge in [0, 0.05) is 10.9 Å². The quantitative estimate of drug-likeness (QED) is 0.466. The van der Waals surface area contributed by atoms with Crippen LogP contribution in [-0.4, -0.2) is 16.8 Å². The van der Waals surface area contributed by atoms with Crippen molar-refractivity contribution in [2.75, 3.05) is 5.75 Å². The lowest BCUT2D eigenvalue weighted by atomic mass is 10.1. The van der Waals surface area contributed by atoms with Crippen molar-refractivity contribution in [3.05, 3.63) is 45.8 Å². The minimum Gasteiger partial charge on any atom is -0.477 e. The molecule has 0 amide bonds. The average molecular weight is 260 g/mol. The van der Waals surface area contributed by atoms with Gasteiger partial charge in [-0.1, -0.05) is 11.8 Å². The van der Waals surface area contributed by atoms with Crippen molar-refractivity contribution in [1.82, 2.24) is 0 Å². The van der Waals surface area contributed by atoms with Crippen molar-refractivity contribution in [2.45, 2.75) is 0 Å². The van der Waals surface area contributed by atoms with E-state index in [0.717, 1.165) is 0 Å². The number of fused-ring (bicyclic) bond motifs is 1. The van der Waals surface area contributed by atoms with E-state index in [1.165, 1.54) is 6.07 Å². The number of carbonyl (C=O) groups is 1. The van der Waals surface area contributed by atoms with Gasteiger partial charge in [0.1, 0.15) is 11.1 Å². The Bertz CT molecular complexity index is 734. The summed E-state index contributed by atoms with van der Waals surface area (Å²) in [5.41, 5.74) is -0.200. The number of rotatable bonds is 1. The standard InChI is InChI=1S/C13H8O4S/c14-12(15)10-7-9-6-8(2-1-5-18)3-4-11(9)17-13(10)16/h3-4,6-7,18H,5H2,(H,14,15). The fourth-order valence-electron chi connectivity index (χ4n) is 1.49. The number of hydrogen-bond acceptors (Lipinski definition) is 4. The molecule has 0 fully saturated rings. The Hall–Kier alpha value is -2.19. The first-order valence-electron chi connectivity index (χ1n) is 5.03. The number of benzene rings is 1. The largest absolute Gasteiger partial charge is 0.477 e. The molecule has 0 atom stereocenters. The monoisotopic (exact) mass is 260 g/mol. The van der Waals surface area contributed by atoms with Crippen LogP contribution in [0.2, 0.25) is 0 Å². The fraction of sp³-hybridized carbons (Fsp3) is 0.0769. The third-order valence-corrected chi connectivity index (χ3v) is 2.43. The summed E-state index contributed by atoms with van der Waals surface area (Å²) >= 11 is 3.97. The summed E-state index contributed by atoms with van der Waals surface area (Å²) in [4.78, 5) is 22.2. The Morgan fingerprint density at radius 3 is 2.83 bits per heavy atom. The van der Waals surface area contributed by atoms with E-state index in [4.69, 9.17) is 9.52 Å². The zero-order valence-electron chi connectivity index (χ0n) is 9.14. The molecule has 1 aromatic heterocycles. The van der Waals surface area contributed by atoms with Crippen molar-refractivity contribution >= 4 is 29.6 Å². The molecular weight excluding hydrogens is 252 g/mol. The maximum atomic E-state index is 11.3. The van der Waals surface area contributed by atoms with Gasteiger partial charge in [0.25, 0.3) is 0 Å². The number of hydrogen-bond donors (Lipinski definition) is 2. The van der Waals surface area contributed by atoms with Crippen molar-refractivity contribution in [2.24, 2.45) is 0 Å². The van der Waals surface area contributed by atoms with E-state index in [-0.39, 0.29) is 5.56 Å². The number of carboxylic acid groups (broad SMARTS) is 1. The van der Waals surface area contributed by atoms with Crippen LogP contribution in [0.3, 0.4) is 0 Å². The summed E-state index contributed by atoms with van der Waals surface area (Å²) in [6.45, 7) is 0. The van der Waals surface area contributed by atoms with Gasteiger partial charge in [0.2, 0.25) is 0 Å². The van der Waals surface area contributed by atoms with Crippen LogP contribution in [0, 0.1) is 11.8 Å². The highest BCUT2D eigenvalue weighted by Gasteiger charge is 2.11. The van der Waals surface area contributed by atoms with Crippen LogP contribution in [0.5, 0.6) is 0 Å². The molecule has 4 nitrogen and oxygen atoms in total. The van der Waals surface area contributed by atoms with Gasteiger partial charge < -0.3 is 9.52 Å². The maximum absolute atomic E-state index is 11.3. The topological polar surface area (TPSA) is 67.5 Å². The van der Waals surface area contributed by atoms with Gasteiger partial charge in [-0.3, -0.25) is 0 Å². The summed E-state index contributed by atoms with van der Waals surface area (Å²) < 4.78 is 4.91. The first kappa shape index (κ1) is 12.3. The Morgan fingerprint density at radius 1 is 1.39 bits per heavy atom. The van der Waals surface area contributed by atoms with E-state index in [2.05, 4.69) is 24.5 Å². The third-order valence-electron chi connectivity index (χ3n) is 2.27. The molecule has 18 heavy (non-hydrogen) atoms. The molecule has 0 aliphatic heterocycles. The summed E-state index contributed by atoms with van der Waals surface area (Å²) in [7, 11) is 0. The Balaban J connectivity index is 2.65. The molecule has 0 saturated carbocycles. The van der Waals surface area contributed by atoms with E-state index >= 15 is 0 Å². The van der Waals surface area contributed by atoms with Crippen LogP contribution in [-0.2, 0) is 0 Å². The molecule has 0 aliphatic rings. The van der Waals surface area contributed by atoms with E-state index in [1.807, 2.05) is 0 Å². The normalized spacial score (nSPS) is 9.83. The molecular formula is C13H8O4S. The second kappa shape index (κ2) is 4.98. The van der Waals surface area contributed by atoms with Crippen LogP contribution < -0.4 is 5.63 Å². The molecule has 0 radical (unpaired) electrons. The summed E-state index contributed by atoms with van der Waals surface area (Å²) in [5, 5.41) is 9.36. The molecule has 2 aromatic rings. The van der Waals surface area contributed by atoms with Crippen LogP contribution >= 0.6 is 12.6 Å². The fourth-order valence-corrected chi connectivity index (χ4v) is 1.57. The highest BCUT2D eigenvalue weighted by atomic mass is 32.1. The van der Waals surface area contributed by atoms with Gasteiger partial charge in [-0.2, -0.15) is 12.6 Å². The lowest BCUT2D eigenvalue weighted by Gasteiger charge is -1.99. The molecule has 2 rings (SSSR count). The first-order valence-corrected chi connectivity index (χ1v) is 5.66. The number of thiol groups is 1. The van der Waals surface area contributed by atoms with E-state index in [1.54, 1.807) is 18.2 Å². The Kier molecular flexibility index (Phi) is 3.40. The zero-order chi connectivity index (χ0) is 13.1. The lowest BCUT2D eigenvalue weighted by Crippen LogP contribution is -2.12. The Morgan fingerprint density at radius 2 is 2.17 bits per heavy atom. The van der Waals surface area contributed by atoms with Gasteiger partial charge in [0.05, 0.1) is 5.75 Å². The van der Waals surface area contributed by atoms with E-state index in [9.17, 15) is 9.59 Å². The minimum atomic E-state index is -1.31. The second-order valence-corrected chi connectivity index (χ2v) is 3.78. The molecule has 0 saturated heterocycles. The minimum absolute atomic E-state index is 0.335. The molecule has 0 aliphatic carbocycles. The number of carboxylic acids is 1. The van der Waals surface area contributed by atoms with Crippen molar-refractivity contribution in [1.29, 1.82) is 0 Å². The van der Waals surface area contributed by atoms with Gasteiger partial charge >= 0.3 is 11.6 Å². The van der Waals surface area contributed by atoms with Crippen molar-refractivity contribution in [3.8, 4) is 11.8 Å². The van der Waals surface area contributed by atoms with Crippen molar-refractivity contribution < 1.29 is 14.3 Å². The summed E-state index contributed by atoms with van der Waals surface area (Å²) in [5.74, 6) is 4.76. The Labute approximate surface area is 108 Å². The molecule has 0 unspecified atom stereocenters. The van der Waals surface area contributed by atoms with Crippen LogP contribution in [0.15, 0.2) is 33.5 Å². The van der Waals surface area contributed by atoms with Gasteiger partial charge in [-0.05, 0) is 24.3 Å². The van der Waals surface area contributed by atoms with E-state index < -0.39 is 11.6 Å². The second-order valence-electron chi connectivity index (χ2n) is 3.47. The third kappa shape index (κ3) is 2.39. The molecule has 1 heterocycles. The van der Waals surface area contributed by atoms with E-state index in [0.29, 0.717) is 22.3 Å². The summed E-state index contributed by atoms with van der Waals surface area (Å²) in [6, 6.07) is 6.24. The van der Waals surface area contributed by atoms with Crippen molar-refractivity contribution in [3.63, 3.8) is 0 Å². The maximum Gasteiger partial charge on any atom is 0.351 e. The number of aromatic carboxylic acids is 1. The zero-order valence-corrected chi connectivity index (χ0v) is 10.0. The van der Waals surface area contributed by atoms with Crippen LogP contribution in [0.1, 0.15) is 15.9 Å². The SMILES string of the molecule is O=C(O)c1cc2cc(C#CCS)ccc2oc1=O. The molecule has 0 bridgehead atoms. The van der Waals surface area contributed by atoms with Crippen LogP contribution in [0.25, 0.3) is 11.0 Å². The first-order chi connectivity index (χ1) is 8.61. The van der Waals surface area contributed by atoms with Gasteiger partial charge in [-0.15, -0.1) is 0 Å². The predicted octanol–water partition coefficient (Wildman–Crippen LogP) is 1.77. The van der Waals surface area contributed by atoms with Gasteiger partial charge in [-0.25, -0.2) is 9.59 Å². The average Bonchev–Trinajstić information content (AvgIpc) is 2.35. The lowest BCUT2D eigenvalue weighted by molar-refractivity contribution is 0.0692. The smallest absolute Gasteiger partial charge is 0.351 e. The molecule has 0 spiro atoms. The summed E-state index contributed by atoms with van der Waals surface area (Å²) in [6.07, 6.45) is 0. The van der Waals surface area contributed by atoms with Gasteiger partial charge in [0.15, 0.2) is 0 Å². The van der Waals surface area contributed by atoms with Crippen LogP contribution in [0.4, 0.5) is 0 Å². The highest BCUT2D eigenvalue weighted by molar-refractivity contribution is 7.80. The molecule has 1 aromatic carbocycles. The predicted molar refractivity (Wildman–Crippen MR) is 70.2 cm³/mol. The highest BCUT2D eigenvalue weighted by Crippen LogP contribution is 2.15. The molecule has 5 heteroatoms. The molecule has 90 valence electrons.